The van der Waals surface area contributed by atoms with E-state index in [0.29, 0.717) is 29.3 Å². The summed E-state index contributed by atoms with van der Waals surface area (Å²) in [4.78, 5) is 31.7. The Morgan fingerprint density at radius 3 is 2.71 bits per heavy atom. The quantitative estimate of drug-likeness (QED) is 0.460. The molecule has 0 unspecified atom stereocenters. The van der Waals surface area contributed by atoms with Gasteiger partial charge in [-0.1, -0.05) is 26.8 Å². The van der Waals surface area contributed by atoms with Gasteiger partial charge in [0.2, 0.25) is 5.95 Å². The van der Waals surface area contributed by atoms with Crippen LogP contribution < -0.4 is 16.2 Å². The molecular formula is C26H30N8O. The zero-order chi connectivity index (χ0) is 24.4. The van der Waals surface area contributed by atoms with E-state index < -0.39 is 0 Å². The largest absolute Gasteiger partial charge is 0.324 e. The van der Waals surface area contributed by atoms with E-state index in [4.69, 9.17) is 9.97 Å². The second kappa shape index (κ2) is 7.71. The molecular weight excluding hydrogens is 440 g/mol. The first-order valence-corrected chi connectivity index (χ1v) is 12.2. The molecule has 0 bridgehead atoms. The van der Waals surface area contributed by atoms with Gasteiger partial charge in [0, 0.05) is 54.6 Å². The highest BCUT2D eigenvalue weighted by Gasteiger charge is 2.42. The van der Waals surface area contributed by atoms with Gasteiger partial charge in [0.25, 0.3) is 5.56 Å². The van der Waals surface area contributed by atoms with Gasteiger partial charge in [-0.25, -0.2) is 24.3 Å². The molecule has 0 atom stereocenters. The second-order valence-electron chi connectivity index (χ2n) is 10.5. The molecule has 1 aromatic carbocycles. The maximum absolute atomic E-state index is 13.1. The number of benzene rings is 1. The summed E-state index contributed by atoms with van der Waals surface area (Å²) in [5.74, 6) is 1.89. The standard InChI is InChI=1S/C26H30N8O/c1-5-33-22(35)18-14-29-24(30-17-6-7-19-16(12-17)13-27-15-25(19,2)3)32-21(18)34(33)20-8-11-28-23(31-20)26(4)9-10-26/h6-8,11-12,14,27H,5,9-10,13,15H2,1-4H3,(H,29,30,32). The third-order valence-electron chi connectivity index (χ3n) is 7.35. The first-order chi connectivity index (χ1) is 16.8. The number of aromatic nitrogens is 6. The molecule has 0 spiro atoms. The fourth-order valence-electron chi connectivity index (χ4n) is 4.99. The highest BCUT2D eigenvalue weighted by atomic mass is 16.1. The predicted octanol–water partition coefficient (Wildman–Crippen LogP) is 3.57. The van der Waals surface area contributed by atoms with Crippen LogP contribution in [0.1, 0.15) is 57.5 Å². The lowest BCUT2D eigenvalue weighted by Gasteiger charge is -2.33. The van der Waals surface area contributed by atoms with Crippen LogP contribution in [0.4, 0.5) is 11.6 Å². The van der Waals surface area contributed by atoms with Crippen molar-refractivity contribution in [2.75, 3.05) is 11.9 Å². The smallest absolute Gasteiger partial charge is 0.278 e. The lowest BCUT2D eigenvalue weighted by molar-refractivity contribution is 0.435. The van der Waals surface area contributed by atoms with Crippen molar-refractivity contribution in [2.24, 2.45) is 0 Å². The molecule has 9 nitrogen and oxygen atoms in total. The predicted molar refractivity (Wildman–Crippen MR) is 135 cm³/mol. The SMILES string of the molecule is CCn1c(=O)c2cnc(Nc3ccc4c(c3)CNCC4(C)C)nc2n1-c1ccnc(C2(C)CC2)n1. The Morgan fingerprint density at radius 1 is 1.11 bits per heavy atom. The highest BCUT2D eigenvalue weighted by molar-refractivity contribution is 5.77. The monoisotopic (exact) mass is 470 g/mol. The highest BCUT2D eigenvalue weighted by Crippen LogP contribution is 2.45. The summed E-state index contributed by atoms with van der Waals surface area (Å²) >= 11 is 0. The summed E-state index contributed by atoms with van der Waals surface area (Å²) in [5.41, 5.74) is 4.05. The van der Waals surface area contributed by atoms with Crippen LogP contribution in [0.2, 0.25) is 0 Å². The van der Waals surface area contributed by atoms with Crippen molar-refractivity contribution in [1.29, 1.82) is 0 Å². The zero-order valence-electron chi connectivity index (χ0n) is 20.6. The van der Waals surface area contributed by atoms with Crippen LogP contribution >= 0.6 is 0 Å². The first-order valence-electron chi connectivity index (χ1n) is 12.2. The first kappa shape index (κ1) is 21.9. The molecule has 6 rings (SSSR count). The third-order valence-corrected chi connectivity index (χ3v) is 7.35. The second-order valence-corrected chi connectivity index (χ2v) is 10.5. The Kier molecular flexibility index (Phi) is 4.83. The fourth-order valence-corrected chi connectivity index (χ4v) is 4.99. The molecule has 180 valence electrons. The van der Waals surface area contributed by atoms with Gasteiger partial charge in [-0.3, -0.25) is 4.79 Å². The number of hydrogen-bond acceptors (Lipinski definition) is 7. The van der Waals surface area contributed by atoms with Gasteiger partial charge in [0.05, 0.1) is 0 Å². The average Bonchev–Trinajstić information content (AvgIpc) is 3.53. The van der Waals surface area contributed by atoms with Crippen LogP contribution in [-0.4, -0.2) is 35.8 Å². The Labute approximate surface area is 203 Å². The average molecular weight is 471 g/mol. The maximum Gasteiger partial charge on any atom is 0.278 e. The Morgan fingerprint density at radius 2 is 1.94 bits per heavy atom. The van der Waals surface area contributed by atoms with Crippen molar-refractivity contribution < 1.29 is 0 Å². The molecule has 0 radical (unpaired) electrons. The van der Waals surface area contributed by atoms with E-state index in [0.717, 1.165) is 37.4 Å². The molecule has 1 saturated carbocycles. The molecule has 0 amide bonds. The normalized spacial score (nSPS) is 17.8. The molecule has 2 aliphatic rings. The zero-order valence-corrected chi connectivity index (χ0v) is 20.6. The van der Waals surface area contributed by atoms with Gasteiger partial charge in [-0.15, -0.1) is 0 Å². The van der Waals surface area contributed by atoms with Crippen molar-refractivity contribution in [3.8, 4) is 5.82 Å². The minimum Gasteiger partial charge on any atom is -0.324 e. The topological polar surface area (TPSA) is 103 Å². The van der Waals surface area contributed by atoms with Gasteiger partial charge in [0.1, 0.15) is 11.2 Å². The summed E-state index contributed by atoms with van der Waals surface area (Å²) in [6.45, 7) is 10.9. The van der Waals surface area contributed by atoms with Crippen molar-refractivity contribution in [3.63, 3.8) is 0 Å². The van der Waals surface area contributed by atoms with Gasteiger partial charge in [0.15, 0.2) is 11.5 Å². The van der Waals surface area contributed by atoms with Crippen molar-refractivity contribution in [3.05, 3.63) is 64.0 Å². The molecule has 1 aliphatic heterocycles. The fraction of sp³-hybridized carbons (Fsp3) is 0.423. The minimum atomic E-state index is -0.131. The molecule has 4 aromatic rings. The van der Waals surface area contributed by atoms with Crippen LogP contribution in [0.25, 0.3) is 16.9 Å². The molecule has 1 fully saturated rings. The van der Waals surface area contributed by atoms with Gasteiger partial charge >= 0.3 is 0 Å². The van der Waals surface area contributed by atoms with Crippen molar-refractivity contribution >= 4 is 22.7 Å². The summed E-state index contributed by atoms with van der Waals surface area (Å²) in [6.07, 6.45) is 5.52. The molecule has 2 N–H and O–H groups in total. The number of nitrogens with zero attached hydrogens (tertiary/aromatic N) is 6. The van der Waals surface area contributed by atoms with Crippen LogP contribution in [0, 0.1) is 0 Å². The summed E-state index contributed by atoms with van der Waals surface area (Å²) in [6, 6.07) is 8.22. The lowest BCUT2D eigenvalue weighted by atomic mass is 9.79. The van der Waals surface area contributed by atoms with Gasteiger partial charge < -0.3 is 10.6 Å². The molecule has 3 aromatic heterocycles. The van der Waals surface area contributed by atoms with Gasteiger partial charge in [-0.2, -0.15) is 4.98 Å². The molecule has 0 saturated heterocycles. The molecule has 4 heterocycles. The summed E-state index contributed by atoms with van der Waals surface area (Å²) in [5, 5.41) is 7.30. The van der Waals surface area contributed by atoms with Crippen LogP contribution in [0.3, 0.4) is 0 Å². The maximum atomic E-state index is 13.1. The summed E-state index contributed by atoms with van der Waals surface area (Å²) in [7, 11) is 0. The van der Waals surface area contributed by atoms with Crippen LogP contribution in [-0.2, 0) is 23.9 Å². The molecule has 35 heavy (non-hydrogen) atoms. The van der Waals surface area contributed by atoms with Crippen molar-refractivity contribution in [2.45, 2.75) is 64.5 Å². The lowest BCUT2D eigenvalue weighted by Crippen LogP contribution is -2.38. The van der Waals surface area contributed by atoms with E-state index in [2.05, 4.69) is 59.6 Å². The van der Waals surface area contributed by atoms with E-state index in [1.165, 1.54) is 11.1 Å². The Hall–Kier alpha value is -3.59. The number of nitrogens with one attached hydrogen (secondary N) is 2. The summed E-state index contributed by atoms with van der Waals surface area (Å²) < 4.78 is 3.44. The molecule has 9 heteroatoms. The van der Waals surface area contributed by atoms with E-state index in [-0.39, 0.29) is 16.4 Å². The van der Waals surface area contributed by atoms with Crippen LogP contribution in [0.5, 0.6) is 0 Å². The number of anilines is 2. The Bertz CT molecular complexity index is 1510. The van der Waals surface area contributed by atoms with Crippen LogP contribution in [0.15, 0.2) is 41.5 Å². The number of rotatable bonds is 5. The van der Waals surface area contributed by atoms with E-state index in [1.807, 2.05) is 13.0 Å². The van der Waals surface area contributed by atoms with E-state index >= 15 is 0 Å². The molecule has 1 aliphatic carbocycles. The van der Waals surface area contributed by atoms with E-state index in [9.17, 15) is 4.79 Å². The number of fused-ring (bicyclic) bond motifs is 2. The van der Waals surface area contributed by atoms with Gasteiger partial charge in [-0.05, 0) is 43.0 Å². The van der Waals surface area contributed by atoms with E-state index in [1.54, 1.807) is 21.8 Å². The Balaban J connectivity index is 1.42. The number of hydrogen-bond donors (Lipinski definition) is 2. The third kappa shape index (κ3) is 3.61. The minimum absolute atomic E-state index is 0.0217. The van der Waals surface area contributed by atoms with Crippen molar-refractivity contribution in [1.82, 2.24) is 34.6 Å².